The van der Waals surface area contributed by atoms with Crippen molar-refractivity contribution in [3.05, 3.63) is 47.1 Å². The van der Waals surface area contributed by atoms with Gasteiger partial charge in [-0.15, -0.1) is 5.10 Å². The standard InChI is InChI=1S/C16H19N7O2/c1-9-7-13(5-6-14(9)23-8-17-21-22-23)19-16(24)18-10(2)15-11(3)20-25-12(15)4/h5-8,10H,1-4H3,(H2,18,19,24)/t10-/m1/s1. The average molecular weight is 341 g/mol. The molecule has 3 aromatic rings. The molecule has 2 amide bonds. The molecule has 0 fully saturated rings. The first-order valence-electron chi connectivity index (χ1n) is 7.80. The zero-order valence-electron chi connectivity index (χ0n) is 14.4. The van der Waals surface area contributed by atoms with Crippen LogP contribution in [-0.4, -0.2) is 31.4 Å². The smallest absolute Gasteiger partial charge is 0.319 e. The summed E-state index contributed by atoms with van der Waals surface area (Å²) in [7, 11) is 0. The van der Waals surface area contributed by atoms with Crippen LogP contribution >= 0.6 is 0 Å². The van der Waals surface area contributed by atoms with Crippen LogP contribution in [0.5, 0.6) is 0 Å². The third kappa shape index (κ3) is 3.49. The summed E-state index contributed by atoms with van der Waals surface area (Å²) in [5, 5.41) is 20.7. The normalized spacial score (nSPS) is 12.0. The molecule has 1 aromatic carbocycles. The zero-order chi connectivity index (χ0) is 18.0. The van der Waals surface area contributed by atoms with E-state index < -0.39 is 0 Å². The Labute approximate surface area is 144 Å². The summed E-state index contributed by atoms with van der Waals surface area (Å²) in [4.78, 5) is 12.3. The predicted octanol–water partition coefficient (Wildman–Crippen LogP) is 2.46. The fourth-order valence-corrected chi connectivity index (χ4v) is 2.81. The number of tetrazole rings is 1. The molecule has 0 aliphatic heterocycles. The molecule has 130 valence electrons. The summed E-state index contributed by atoms with van der Waals surface area (Å²) in [6.07, 6.45) is 1.52. The molecular formula is C16H19N7O2. The third-order valence-corrected chi connectivity index (χ3v) is 3.92. The Kier molecular flexibility index (Phi) is 4.46. The van der Waals surface area contributed by atoms with Crippen LogP contribution in [0.25, 0.3) is 5.69 Å². The van der Waals surface area contributed by atoms with E-state index >= 15 is 0 Å². The van der Waals surface area contributed by atoms with Crippen LogP contribution in [0.3, 0.4) is 0 Å². The highest BCUT2D eigenvalue weighted by Crippen LogP contribution is 2.21. The Morgan fingerprint density at radius 2 is 2.08 bits per heavy atom. The lowest BCUT2D eigenvalue weighted by atomic mass is 10.1. The second-order valence-corrected chi connectivity index (χ2v) is 5.81. The van der Waals surface area contributed by atoms with Gasteiger partial charge in [0.05, 0.1) is 17.4 Å². The van der Waals surface area contributed by atoms with Crippen molar-refractivity contribution in [2.24, 2.45) is 0 Å². The number of anilines is 1. The number of rotatable bonds is 4. The van der Waals surface area contributed by atoms with Crippen LogP contribution in [0, 0.1) is 20.8 Å². The highest BCUT2D eigenvalue weighted by atomic mass is 16.5. The van der Waals surface area contributed by atoms with Gasteiger partial charge in [-0.25, -0.2) is 9.48 Å². The number of nitrogens with zero attached hydrogens (tertiary/aromatic N) is 5. The van der Waals surface area contributed by atoms with Crippen LogP contribution in [-0.2, 0) is 0 Å². The summed E-state index contributed by atoms with van der Waals surface area (Å²) in [6, 6.07) is 4.98. The number of nitrogens with one attached hydrogen (secondary N) is 2. The third-order valence-electron chi connectivity index (χ3n) is 3.92. The van der Waals surface area contributed by atoms with Gasteiger partial charge in [0, 0.05) is 11.3 Å². The summed E-state index contributed by atoms with van der Waals surface area (Å²) in [6.45, 7) is 7.49. The maximum atomic E-state index is 12.3. The Balaban J connectivity index is 1.68. The molecule has 9 nitrogen and oxygen atoms in total. The Morgan fingerprint density at radius 3 is 2.68 bits per heavy atom. The molecule has 25 heavy (non-hydrogen) atoms. The molecule has 0 unspecified atom stereocenters. The van der Waals surface area contributed by atoms with Gasteiger partial charge in [-0.1, -0.05) is 5.16 Å². The van der Waals surface area contributed by atoms with Crippen molar-refractivity contribution < 1.29 is 9.32 Å². The molecule has 0 saturated heterocycles. The SMILES string of the molecule is Cc1cc(NC(=O)N[C@H](C)c2c(C)noc2C)ccc1-n1cnnn1. The molecule has 2 aromatic heterocycles. The number of benzene rings is 1. The average Bonchev–Trinajstić information content (AvgIpc) is 3.17. The van der Waals surface area contributed by atoms with E-state index in [4.69, 9.17) is 4.52 Å². The van der Waals surface area contributed by atoms with Gasteiger partial charge in [-0.2, -0.15) is 0 Å². The van der Waals surface area contributed by atoms with Crippen molar-refractivity contribution in [2.75, 3.05) is 5.32 Å². The van der Waals surface area contributed by atoms with E-state index in [1.807, 2.05) is 39.8 Å². The molecule has 9 heteroatoms. The van der Waals surface area contributed by atoms with Gasteiger partial charge in [0.25, 0.3) is 0 Å². The molecule has 0 radical (unpaired) electrons. The van der Waals surface area contributed by atoms with E-state index in [9.17, 15) is 4.79 Å². The molecule has 0 saturated carbocycles. The van der Waals surface area contributed by atoms with Crippen molar-refractivity contribution in [1.29, 1.82) is 0 Å². The van der Waals surface area contributed by atoms with Crippen molar-refractivity contribution >= 4 is 11.7 Å². The van der Waals surface area contributed by atoms with E-state index in [1.54, 1.807) is 10.7 Å². The van der Waals surface area contributed by atoms with Crippen molar-refractivity contribution in [3.8, 4) is 5.69 Å². The predicted molar refractivity (Wildman–Crippen MR) is 90.4 cm³/mol. The van der Waals surface area contributed by atoms with Gasteiger partial charge in [0.1, 0.15) is 12.1 Å². The number of aromatic nitrogens is 5. The fourth-order valence-electron chi connectivity index (χ4n) is 2.81. The Bertz CT molecular complexity index is 867. The first-order valence-corrected chi connectivity index (χ1v) is 7.80. The van der Waals surface area contributed by atoms with Crippen LogP contribution in [0.1, 0.15) is 35.5 Å². The molecule has 0 bridgehead atoms. The second kappa shape index (κ2) is 6.71. The molecule has 2 heterocycles. The minimum absolute atomic E-state index is 0.215. The van der Waals surface area contributed by atoms with Gasteiger partial charge in [-0.3, -0.25) is 0 Å². The van der Waals surface area contributed by atoms with E-state index in [0.29, 0.717) is 11.4 Å². The van der Waals surface area contributed by atoms with Gasteiger partial charge >= 0.3 is 6.03 Å². The summed E-state index contributed by atoms with van der Waals surface area (Å²) in [5.74, 6) is 0.701. The first kappa shape index (κ1) is 16.6. The van der Waals surface area contributed by atoms with Crippen LogP contribution in [0.2, 0.25) is 0 Å². The number of carbonyl (C=O) groups is 1. The summed E-state index contributed by atoms with van der Waals surface area (Å²) >= 11 is 0. The van der Waals surface area contributed by atoms with Crippen LogP contribution < -0.4 is 10.6 Å². The lowest BCUT2D eigenvalue weighted by Crippen LogP contribution is -2.31. The van der Waals surface area contributed by atoms with E-state index in [2.05, 4.69) is 31.3 Å². The minimum atomic E-state index is -0.304. The lowest BCUT2D eigenvalue weighted by molar-refractivity contribution is 0.249. The second-order valence-electron chi connectivity index (χ2n) is 5.81. The maximum Gasteiger partial charge on any atom is 0.319 e. The number of amides is 2. The Morgan fingerprint density at radius 1 is 1.28 bits per heavy atom. The van der Waals surface area contributed by atoms with E-state index in [-0.39, 0.29) is 12.1 Å². The minimum Gasteiger partial charge on any atom is -0.361 e. The summed E-state index contributed by atoms with van der Waals surface area (Å²) < 4.78 is 6.71. The molecule has 0 spiro atoms. The highest BCUT2D eigenvalue weighted by Gasteiger charge is 2.18. The van der Waals surface area contributed by atoms with Crippen molar-refractivity contribution in [1.82, 2.24) is 30.7 Å². The van der Waals surface area contributed by atoms with Gasteiger partial charge < -0.3 is 15.2 Å². The fraction of sp³-hybridized carbons (Fsp3) is 0.312. The maximum absolute atomic E-state index is 12.3. The number of carbonyl (C=O) groups excluding carboxylic acids is 1. The lowest BCUT2D eigenvalue weighted by Gasteiger charge is -2.15. The van der Waals surface area contributed by atoms with Crippen LogP contribution in [0.4, 0.5) is 10.5 Å². The van der Waals surface area contributed by atoms with Crippen molar-refractivity contribution in [2.45, 2.75) is 33.7 Å². The number of urea groups is 1. The van der Waals surface area contributed by atoms with Gasteiger partial charge in [0.2, 0.25) is 0 Å². The summed E-state index contributed by atoms with van der Waals surface area (Å²) in [5.41, 5.74) is 4.12. The molecule has 3 rings (SSSR count). The quantitative estimate of drug-likeness (QED) is 0.754. The van der Waals surface area contributed by atoms with E-state index in [0.717, 1.165) is 22.5 Å². The van der Waals surface area contributed by atoms with Gasteiger partial charge in [0.15, 0.2) is 0 Å². The molecule has 0 aliphatic carbocycles. The highest BCUT2D eigenvalue weighted by molar-refractivity contribution is 5.89. The molecule has 1 atom stereocenters. The topological polar surface area (TPSA) is 111 Å². The molecular weight excluding hydrogens is 322 g/mol. The van der Waals surface area contributed by atoms with Crippen molar-refractivity contribution in [3.63, 3.8) is 0 Å². The van der Waals surface area contributed by atoms with Crippen LogP contribution in [0.15, 0.2) is 29.0 Å². The monoisotopic (exact) mass is 341 g/mol. The largest absolute Gasteiger partial charge is 0.361 e. The van der Waals surface area contributed by atoms with Gasteiger partial charge in [-0.05, 0) is 61.9 Å². The number of hydrogen-bond acceptors (Lipinski definition) is 6. The van der Waals surface area contributed by atoms with E-state index in [1.165, 1.54) is 6.33 Å². The first-order chi connectivity index (χ1) is 12.0. The number of aryl methyl sites for hydroxylation is 3. The Hall–Kier alpha value is -3.23. The molecule has 0 aliphatic rings. The number of hydrogen-bond donors (Lipinski definition) is 2. The molecule has 2 N–H and O–H groups in total. The zero-order valence-corrected chi connectivity index (χ0v) is 14.4.